The first kappa shape index (κ1) is 12.9. The minimum Gasteiger partial charge on any atom is -0.324 e. The molecule has 4 heteroatoms. The second-order valence-electron chi connectivity index (χ2n) is 5.41. The monoisotopic (exact) mass is 266 g/mol. The van der Waals surface area contributed by atoms with Gasteiger partial charge in [-0.25, -0.2) is 0 Å². The lowest BCUT2D eigenvalue weighted by molar-refractivity contribution is 0.537. The molecular formula is C16H18N4. The highest BCUT2D eigenvalue weighted by atomic mass is 15.3. The molecule has 0 saturated heterocycles. The van der Waals surface area contributed by atoms with Crippen molar-refractivity contribution in [2.45, 2.75) is 38.8 Å². The van der Waals surface area contributed by atoms with E-state index in [-0.39, 0.29) is 6.04 Å². The molecule has 0 fully saturated rings. The second-order valence-corrected chi connectivity index (χ2v) is 5.41. The molecule has 1 atom stereocenters. The van der Waals surface area contributed by atoms with Crippen molar-refractivity contribution in [3.05, 3.63) is 52.3 Å². The van der Waals surface area contributed by atoms with Gasteiger partial charge in [-0.1, -0.05) is 12.1 Å². The van der Waals surface area contributed by atoms with Crippen molar-refractivity contribution in [2.24, 2.45) is 5.73 Å². The molecule has 0 spiro atoms. The van der Waals surface area contributed by atoms with Crippen LogP contribution in [0.15, 0.2) is 24.3 Å². The molecule has 3 rings (SSSR count). The molecule has 2 aromatic rings. The summed E-state index contributed by atoms with van der Waals surface area (Å²) >= 11 is 0. The number of nitrogens with two attached hydrogens (primary N) is 1. The SMILES string of the molecule is Cc1nn(Cc2ccc(C#N)cc2)c2c1C(N)CCC2. The third-order valence-electron chi connectivity index (χ3n) is 4.00. The van der Waals surface area contributed by atoms with E-state index in [1.54, 1.807) is 0 Å². The fraction of sp³-hybridized carbons (Fsp3) is 0.375. The van der Waals surface area contributed by atoms with E-state index in [1.165, 1.54) is 11.3 Å². The lowest BCUT2D eigenvalue weighted by Crippen LogP contribution is -2.19. The van der Waals surface area contributed by atoms with Crippen molar-refractivity contribution < 1.29 is 0 Å². The van der Waals surface area contributed by atoms with Crippen LogP contribution in [0.4, 0.5) is 0 Å². The van der Waals surface area contributed by atoms with E-state index in [4.69, 9.17) is 11.0 Å². The van der Waals surface area contributed by atoms with Gasteiger partial charge >= 0.3 is 0 Å². The summed E-state index contributed by atoms with van der Waals surface area (Å²) in [5, 5.41) is 13.5. The van der Waals surface area contributed by atoms with Crippen molar-refractivity contribution >= 4 is 0 Å². The van der Waals surface area contributed by atoms with Gasteiger partial charge in [0, 0.05) is 17.3 Å². The summed E-state index contributed by atoms with van der Waals surface area (Å²) < 4.78 is 2.07. The summed E-state index contributed by atoms with van der Waals surface area (Å²) in [4.78, 5) is 0. The first-order valence-electron chi connectivity index (χ1n) is 7.00. The Kier molecular flexibility index (Phi) is 3.29. The maximum absolute atomic E-state index is 8.83. The summed E-state index contributed by atoms with van der Waals surface area (Å²) in [6.45, 7) is 2.79. The number of aryl methyl sites for hydroxylation is 1. The number of hydrogen-bond donors (Lipinski definition) is 1. The van der Waals surface area contributed by atoms with E-state index >= 15 is 0 Å². The van der Waals surface area contributed by atoms with E-state index in [9.17, 15) is 0 Å². The Labute approximate surface area is 118 Å². The molecule has 1 aliphatic rings. The van der Waals surface area contributed by atoms with Gasteiger partial charge in [-0.15, -0.1) is 0 Å². The van der Waals surface area contributed by atoms with E-state index in [0.717, 1.165) is 37.1 Å². The highest BCUT2D eigenvalue weighted by molar-refractivity contribution is 5.34. The Morgan fingerprint density at radius 1 is 1.40 bits per heavy atom. The van der Waals surface area contributed by atoms with Crippen LogP contribution in [0.1, 0.15) is 47.0 Å². The molecule has 20 heavy (non-hydrogen) atoms. The van der Waals surface area contributed by atoms with Gasteiger partial charge < -0.3 is 5.73 Å². The smallest absolute Gasteiger partial charge is 0.0991 e. The van der Waals surface area contributed by atoms with Gasteiger partial charge in [0.1, 0.15) is 0 Å². The minimum atomic E-state index is 0.133. The number of rotatable bonds is 2. The lowest BCUT2D eigenvalue weighted by Gasteiger charge is -2.20. The Morgan fingerprint density at radius 2 is 2.15 bits per heavy atom. The predicted molar refractivity (Wildman–Crippen MR) is 77.1 cm³/mol. The first-order chi connectivity index (χ1) is 9.69. The zero-order chi connectivity index (χ0) is 14.1. The van der Waals surface area contributed by atoms with Crippen molar-refractivity contribution in [3.8, 4) is 6.07 Å². The van der Waals surface area contributed by atoms with E-state index in [2.05, 4.69) is 15.8 Å². The van der Waals surface area contributed by atoms with Gasteiger partial charge in [0.05, 0.1) is 23.9 Å². The number of benzene rings is 1. The van der Waals surface area contributed by atoms with Crippen molar-refractivity contribution in [2.75, 3.05) is 0 Å². The van der Waals surface area contributed by atoms with Crippen LogP contribution in [0.3, 0.4) is 0 Å². The zero-order valence-electron chi connectivity index (χ0n) is 11.6. The number of nitriles is 1. The zero-order valence-corrected chi connectivity index (χ0v) is 11.6. The average Bonchev–Trinajstić information content (AvgIpc) is 2.77. The van der Waals surface area contributed by atoms with Gasteiger partial charge in [-0.2, -0.15) is 10.4 Å². The van der Waals surface area contributed by atoms with Gasteiger partial charge in [0.15, 0.2) is 0 Å². The molecule has 1 unspecified atom stereocenters. The molecule has 0 saturated carbocycles. The van der Waals surface area contributed by atoms with Crippen LogP contribution in [0.5, 0.6) is 0 Å². The van der Waals surface area contributed by atoms with Crippen LogP contribution in [-0.4, -0.2) is 9.78 Å². The second kappa shape index (κ2) is 5.10. The van der Waals surface area contributed by atoms with Crippen LogP contribution < -0.4 is 5.73 Å². The van der Waals surface area contributed by atoms with Crippen molar-refractivity contribution in [3.63, 3.8) is 0 Å². The number of nitrogens with zero attached hydrogens (tertiary/aromatic N) is 3. The van der Waals surface area contributed by atoms with Gasteiger partial charge in [0.25, 0.3) is 0 Å². The van der Waals surface area contributed by atoms with Crippen LogP contribution in [0, 0.1) is 18.3 Å². The van der Waals surface area contributed by atoms with E-state index in [0.29, 0.717) is 5.56 Å². The topological polar surface area (TPSA) is 67.6 Å². The molecule has 2 N–H and O–H groups in total. The third kappa shape index (κ3) is 2.21. The fourth-order valence-electron chi connectivity index (χ4n) is 3.01. The van der Waals surface area contributed by atoms with Crippen LogP contribution in [-0.2, 0) is 13.0 Å². The average molecular weight is 266 g/mol. The number of fused-ring (bicyclic) bond motifs is 1. The fourth-order valence-corrected chi connectivity index (χ4v) is 3.01. The number of hydrogen-bond acceptors (Lipinski definition) is 3. The molecule has 0 amide bonds. The Morgan fingerprint density at radius 3 is 2.85 bits per heavy atom. The van der Waals surface area contributed by atoms with Crippen LogP contribution in [0.25, 0.3) is 0 Å². The van der Waals surface area contributed by atoms with Crippen molar-refractivity contribution in [1.29, 1.82) is 5.26 Å². The summed E-state index contributed by atoms with van der Waals surface area (Å²) in [7, 11) is 0. The van der Waals surface area contributed by atoms with E-state index < -0.39 is 0 Å². The molecule has 0 radical (unpaired) electrons. The molecule has 1 aromatic carbocycles. The quantitative estimate of drug-likeness (QED) is 0.907. The molecule has 1 aromatic heterocycles. The Hall–Kier alpha value is -2.12. The normalized spacial score (nSPS) is 17.6. The number of aromatic nitrogens is 2. The molecule has 102 valence electrons. The molecule has 1 aliphatic carbocycles. The summed E-state index contributed by atoms with van der Waals surface area (Å²) in [5.74, 6) is 0. The summed E-state index contributed by atoms with van der Waals surface area (Å²) in [6.07, 6.45) is 3.24. The summed E-state index contributed by atoms with van der Waals surface area (Å²) in [5.41, 5.74) is 11.6. The highest BCUT2D eigenvalue weighted by Gasteiger charge is 2.24. The Balaban J connectivity index is 1.91. The van der Waals surface area contributed by atoms with Gasteiger partial charge in [-0.05, 0) is 43.9 Å². The van der Waals surface area contributed by atoms with Gasteiger partial charge in [-0.3, -0.25) is 4.68 Å². The molecule has 0 aliphatic heterocycles. The van der Waals surface area contributed by atoms with E-state index in [1.807, 2.05) is 31.2 Å². The van der Waals surface area contributed by atoms with Gasteiger partial charge in [0.2, 0.25) is 0 Å². The molecule has 4 nitrogen and oxygen atoms in total. The molecule has 1 heterocycles. The Bertz CT molecular complexity index is 661. The maximum atomic E-state index is 8.83. The minimum absolute atomic E-state index is 0.133. The standard InChI is InChI=1S/C16H18N4/c1-11-16-14(18)3-2-4-15(16)20(19-11)10-13-7-5-12(9-17)6-8-13/h5-8,14H,2-4,10,18H2,1H3. The first-order valence-corrected chi connectivity index (χ1v) is 7.00. The molecule has 0 bridgehead atoms. The van der Waals surface area contributed by atoms with Crippen LogP contribution >= 0.6 is 0 Å². The maximum Gasteiger partial charge on any atom is 0.0991 e. The lowest BCUT2D eigenvalue weighted by atomic mass is 9.92. The van der Waals surface area contributed by atoms with Crippen molar-refractivity contribution in [1.82, 2.24) is 9.78 Å². The molecular weight excluding hydrogens is 248 g/mol. The largest absolute Gasteiger partial charge is 0.324 e. The summed E-state index contributed by atoms with van der Waals surface area (Å²) in [6, 6.07) is 9.96. The van der Waals surface area contributed by atoms with Crippen LogP contribution in [0.2, 0.25) is 0 Å². The predicted octanol–water partition coefficient (Wildman–Crippen LogP) is 2.45. The highest BCUT2D eigenvalue weighted by Crippen LogP contribution is 2.30. The third-order valence-corrected chi connectivity index (χ3v) is 4.00.